The Morgan fingerprint density at radius 2 is 1.04 bits per heavy atom. The minimum absolute atomic E-state index is 0.219. The van der Waals surface area contributed by atoms with Crippen LogP contribution in [0.4, 0.5) is 0 Å². The molecule has 0 radical (unpaired) electrons. The fraction of sp³-hybridized carbons (Fsp3) is 1.00. The van der Waals surface area contributed by atoms with Gasteiger partial charge in [0, 0.05) is 28.4 Å². The average Bonchev–Trinajstić information content (AvgIpc) is 2.65. The van der Waals surface area contributed by atoms with Crippen LogP contribution < -0.4 is 0 Å². The third-order valence-electron chi connectivity index (χ3n) is 3.46. The highest BCUT2D eigenvalue weighted by Gasteiger charge is 2.32. The Morgan fingerprint density at radius 1 is 0.577 bits per heavy atom. The predicted octanol–water partition coefficient (Wildman–Crippen LogP) is -0.263. The first-order chi connectivity index (χ1) is 12.7. The summed E-state index contributed by atoms with van der Waals surface area (Å²) in [5.74, 6) is 0. The van der Waals surface area contributed by atoms with Crippen LogP contribution in [-0.2, 0) is 37.9 Å². The Morgan fingerprint density at radius 3 is 1.54 bits per heavy atom. The molecular weight excluding hydrogens is 348 g/mol. The Labute approximate surface area is 156 Å². The van der Waals surface area contributed by atoms with Crippen LogP contribution in [0.5, 0.6) is 0 Å². The smallest absolute Gasteiger partial charge is 0.114 e. The van der Waals surface area contributed by atoms with E-state index < -0.39 is 18.3 Å². The van der Waals surface area contributed by atoms with E-state index in [1.165, 1.54) is 0 Å². The fourth-order valence-electron chi connectivity index (χ4n) is 2.12. The average molecular weight is 384 g/mol. The van der Waals surface area contributed by atoms with E-state index in [1.807, 2.05) is 0 Å². The molecule has 0 aliphatic heterocycles. The van der Waals surface area contributed by atoms with Crippen molar-refractivity contribution in [2.75, 3.05) is 94.5 Å². The summed E-state index contributed by atoms with van der Waals surface area (Å²) in [6, 6.07) is 0. The van der Waals surface area contributed by atoms with Crippen LogP contribution in [0.3, 0.4) is 0 Å². The van der Waals surface area contributed by atoms with E-state index in [4.69, 9.17) is 37.9 Å². The molecule has 0 rings (SSSR count). The van der Waals surface area contributed by atoms with Crippen LogP contribution in [0.1, 0.15) is 0 Å². The third-order valence-corrected chi connectivity index (χ3v) is 3.46. The largest absolute Gasteiger partial charge is 0.394 e. The van der Waals surface area contributed by atoms with Crippen molar-refractivity contribution in [3.63, 3.8) is 0 Å². The molecule has 0 saturated heterocycles. The van der Waals surface area contributed by atoms with Crippen LogP contribution in [-0.4, -0.2) is 118 Å². The molecule has 0 aromatic rings. The van der Waals surface area contributed by atoms with Crippen LogP contribution in [0.2, 0.25) is 0 Å². The molecule has 0 aliphatic rings. The van der Waals surface area contributed by atoms with Crippen molar-refractivity contribution in [3.05, 3.63) is 0 Å². The molecule has 3 atom stereocenters. The molecular formula is C17H36O9. The van der Waals surface area contributed by atoms with Crippen molar-refractivity contribution in [2.45, 2.75) is 18.3 Å². The lowest BCUT2D eigenvalue weighted by Gasteiger charge is -2.32. The van der Waals surface area contributed by atoms with Crippen LogP contribution >= 0.6 is 0 Å². The Balaban J connectivity index is 4.90. The quantitative estimate of drug-likeness (QED) is 0.285. The molecule has 3 unspecified atom stereocenters. The maximum atomic E-state index is 9.76. The predicted molar refractivity (Wildman–Crippen MR) is 94.6 cm³/mol. The van der Waals surface area contributed by atoms with Crippen LogP contribution in [0, 0.1) is 0 Å². The maximum Gasteiger partial charge on any atom is 0.114 e. The van der Waals surface area contributed by atoms with E-state index in [0.717, 1.165) is 0 Å². The molecule has 158 valence electrons. The van der Waals surface area contributed by atoms with Crippen molar-refractivity contribution in [1.29, 1.82) is 0 Å². The zero-order valence-electron chi connectivity index (χ0n) is 16.5. The summed E-state index contributed by atoms with van der Waals surface area (Å²) in [6.45, 7) is 3.28. The summed E-state index contributed by atoms with van der Waals surface area (Å²) in [5.41, 5.74) is 0. The summed E-state index contributed by atoms with van der Waals surface area (Å²) in [4.78, 5) is 0. The molecule has 0 saturated carbocycles. The second kappa shape index (κ2) is 19.4. The number of ether oxygens (including phenoxy) is 8. The Bertz CT molecular complexity index is 281. The molecule has 0 amide bonds. The first-order valence-electron chi connectivity index (χ1n) is 8.74. The van der Waals surface area contributed by atoms with Gasteiger partial charge in [0.2, 0.25) is 0 Å². The lowest BCUT2D eigenvalue weighted by Crippen LogP contribution is -2.48. The van der Waals surface area contributed by atoms with Crippen molar-refractivity contribution >= 4 is 0 Å². The second-order valence-corrected chi connectivity index (χ2v) is 5.38. The molecule has 0 heterocycles. The summed E-state index contributed by atoms with van der Waals surface area (Å²) < 4.78 is 43.1. The Kier molecular flexibility index (Phi) is 19.1. The third kappa shape index (κ3) is 12.9. The molecule has 0 fully saturated rings. The van der Waals surface area contributed by atoms with Crippen LogP contribution in [0.25, 0.3) is 0 Å². The fourth-order valence-corrected chi connectivity index (χ4v) is 2.12. The zero-order chi connectivity index (χ0) is 19.5. The molecule has 0 aromatic carbocycles. The van der Waals surface area contributed by atoms with Crippen molar-refractivity contribution in [1.82, 2.24) is 0 Å². The summed E-state index contributed by atoms with van der Waals surface area (Å²) in [7, 11) is 6.39. The molecule has 9 heteroatoms. The number of hydrogen-bond donors (Lipinski definition) is 1. The SMILES string of the molecule is COCCOCC(OCCOC)C(OCCOC)C(CO)OCCOC. The van der Waals surface area contributed by atoms with E-state index in [1.54, 1.807) is 28.4 Å². The molecule has 0 bridgehead atoms. The molecule has 9 nitrogen and oxygen atoms in total. The molecule has 0 aromatic heterocycles. The number of aliphatic hydroxyl groups is 1. The molecule has 0 spiro atoms. The first-order valence-corrected chi connectivity index (χ1v) is 8.74. The van der Waals surface area contributed by atoms with Gasteiger partial charge >= 0.3 is 0 Å². The second-order valence-electron chi connectivity index (χ2n) is 5.38. The van der Waals surface area contributed by atoms with E-state index in [-0.39, 0.29) is 13.2 Å². The number of rotatable bonds is 20. The molecule has 26 heavy (non-hydrogen) atoms. The standard InChI is InChI=1S/C17H36O9/c1-19-5-9-23-14-16(25-11-7-21-3)17(26-12-8-22-4)15(13-18)24-10-6-20-2/h15-18H,5-14H2,1-4H3. The van der Waals surface area contributed by atoms with Gasteiger partial charge in [0.15, 0.2) is 0 Å². The first kappa shape index (κ1) is 25.6. The van der Waals surface area contributed by atoms with Crippen molar-refractivity contribution in [2.24, 2.45) is 0 Å². The van der Waals surface area contributed by atoms with E-state index in [0.29, 0.717) is 52.9 Å². The lowest BCUT2D eigenvalue weighted by atomic mass is 10.1. The molecule has 0 aliphatic carbocycles. The van der Waals surface area contributed by atoms with Gasteiger partial charge in [-0.3, -0.25) is 0 Å². The van der Waals surface area contributed by atoms with E-state index in [9.17, 15) is 5.11 Å². The highest BCUT2D eigenvalue weighted by atomic mass is 16.6. The van der Waals surface area contributed by atoms with Crippen molar-refractivity contribution < 1.29 is 43.0 Å². The van der Waals surface area contributed by atoms with Crippen LogP contribution in [0.15, 0.2) is 0 Å². The number of methoxy groups -OCH3 is 4. The maximum absolute atomic E-state index is 9.76. The highest BCUT2D eigenvalue weighted by molar-refractivity contribution is 4.80. The molecule has 1 N–H and O–H groups in total. The van der Waals surface area contributed by atoms with Gasteiger partial charge in [0.05, 0.1) is 66.1 Å². The topological polar surface area (TPSA) is 94.1 Å². The van der Waals surface area contributed by atoms with Gasteiger partial charge in [-0.25, -0.2) is 0 Å². The summed E-state index contributed by atoms with van der Waals surface area (Å²) in [6.07, 6.45) is -1.56. The minimum Gasteiger partial charge on any atom is -0.394 e. The van der Waals surface area contributed by atoms with Gasteiger partial charge in [-0.05, 0) is 0 Å². The highest BCUT2D eigenvalue weighted by Crippen LogP contribution is 2.14. The lowest BCUT2D eigenvalue weighted by molar-refractivity contribution is -0.173. The number of hydrogen-bond acceptors (Lipinski definition) is 9. The monoisotopic (exact) mass is 384 g/mol. The minimum atomic E-state index is -0.583. The normalized spacial score (nSPS) is 15.1. The zero-order valence-corrected chi connectivity index (χ0v) is 16.5. The van der Waals surface area contributed by atoms with Gasteiger partial charge < -0.3 is 43.0 Å². The summed E-state index contributed by atoms with van der Waals surface area (Å²) >= 11 is 0. The van der Waals surface area contributed by atoms with Gasteiger partial charge in [-0.2, -0.15) is 0 Å². The Hall–Kier alpha value is -0.360. The number of aliphatic hydroxyl groups excluding tert-OH is 1. The van der Waals surface area contributed by atoms with E-state index >= 15 is 0 Å². The summed E-state index contributed by atoms with van der Waals surface area (Å²) in [5, 5.41) is 9.76. The van der Waals surface area contributed by atoms with Gasteiger partial charge in [-0.15, -0.1) is 0 Å². The van der Waals surface area contributed by atoms with Gasteiger partial charge in [0.25, 0.3) is 0 Å². The van der Waals surface area contributed by atoms with Gasteiger partial charge in [-0.1, -0.05) is 0 Å². The van der Waals surface area contributed by atoms with Crippen molar-refractivity contribution in [3.8, 4) is 0 Å². The van der Waals surface area contributed by atoms with E-state index in [2.05, 4.69) is 0 Å². The van der Waals surface area contributed by atoms with Gasteiger partial charge in [0.1, 0.15) is 18.3 Å².